The van der Waals surface area contributed by atoms with E-state index in [1.54, 1.807) is 25.1 Å². The Labute approximate surface area is 150 Å². The summed E-state index contributed by atoms with van der Waals surface area (Å²) in [7, 11) is -1.58. The van der Waals surface area contributed by atoms with E-state index in [-0.39, 0.29) is 28.7 Å². The minimum absolute atomic E-state index is 0.0375. The van der Waals surface area contributed by atoms with Gasteiger partial charge in [-0.05, 0) is 12.1 Å². The zero-order valence-corrected chi connectivity index (χ0v) is 15.6. The molecule has 2 saturated heterocycles. The first-order chi connectivity index (χ1) is 11.3. The van der Waals surface area contributed by atoms with Crippen molar-refractivity contribution in [1.82, 2.24) is 0 Å². The lowest BCUT2D eigenvalue weighted by Crippen LogP contribution is -2.38. The highest BCUT2D eigenvalue weighted by Crippen LogP contribution is 2.44. The fraction of sp³-hybridized carbons (Fsp3) is 0.467. The van der Waals surface area contributed by atoms with Gasteiger partial charge in [-0.25, -0.2) is 8.42 Å². The SMILES string of the molecule is CCC(=O)N=C1S[C@@H]2CS(=O)(=O)C[C@@H]2N1c1ccc(Cl)cc1OC. The number of carbonyl (C=O) groups is 1. The highest BCUT2D eigenvalue weighted by molar-refractivity contribution is 8.16. The number of benzene rings is 1. The van der Waals surface area contributed by atoms with Gasteiger partial charge in [0, 0.05) is 22.8 Å². The molecule has 0 aromatic heterocycles. The Kier molecular flexibility index (Phi) is 4.81. The molecule has 6 nitrogen and oxygen atoms in total. The molecular weight excluding hydrogens is 372 g/mol. The third-order valence-electron chi connectivity index (χ3n) is 3.99. The highest BCUT2D eigenvalue weighted by Gasteiger charge is 2.50. The molecule has 24 heavy (non-hydrogen) atoms. The first-order valence-electron chi connectivity index (χ1n) is 7.46. The van der Waals surface area contributed by atoms with Crippen LogP contribution in [0.2, 0.25) is 5.02 Å². The molecule has 2 fully saturated rings. The molecule has 1 amide bonds. The number of methoxy groups -OCH3 is 1. The van der Waals surface area contributed by atoms with Gasteiger partial charge in [0.05, 0.1) is 30.3 Å². The molecule has 0 radical (unpaired) electrons. The van der Waals surface area contributed by atoms with Crippen LogP contribution in [0.3, 0.4) is 0 Å². The number of fused-ring (bicyclic) bond motifs is 1. The van der Waals surface area contributed by atoms with Crippen LogP contribution >= 0.6 is 23.4 Å². The maximum Gasteiger partial charge on any atom is 0.247 e. The van der Waals surface area contributed by atoms with Crippen molar-refractivity contribution in [2.45, 2.75) is 24.6 Å². The van der Waals surface area contributed by atoms with Crippen molar-refractivity contribution in [2.75, 3.05) is 23.5 Å². The van der Waals surface area contributed by atoms with E-state index in [1.807, 2.05) is 4.90 Å². The van der Waals surface area contributed by atoms with Crippen LogP contribution in [0, 0.1) is 0 Å². The number of hydrogen-bond donors (Lipinski definition) is 0. The number of halogens is 1. The summed E-state index contributed by atoms with van der Waals surface area (Å²) in [5, 5.41) is 0.896. The highest BCUT2D eigenvalue weighted by atomic mass is 35.5. The lowest BCUT2D eigenvalue weighted by Gasteiger charge is -2.26. The second-order valence-corrected chi connectivity index (χ2v) is 9.42. The van der Waals surface area contributed by atoms with Crippen molar-refractivity contribution in [3.8, 4) is 5.75 Å². The Balaban J connectivity index is 2.08. The van der Waals surface area contributed by atoms with Gasteiger partial charge in [0.1, 0.15) is 5.75 Å². The maximum atomic E-state index is 12.0. The number of amidine groups is 1. The quantitative estimate of drug-likeness (QED) is 0.791. The van der Waals surface area contributed by atoms with Crippen molar-refractivity contribution < 1.29 is 17.9 Å². The number of anilines is 1. The topological polar surface area (TPSA) is 76.0 Å². The minimum atomic E-state index is -3.10. The number of thioether (sulfide) groups is 1. The molecule has 0 aliphatic carbocycles. The summed E-state index contributed by atoms with van der Waals surface area (Å²) in [5.74, 6) is 0.409. The zero-order valence-electron chi connectivity index (χ0n) is 13.2. The molecule has 130 valence electrons. The van der Waals surface area contributed by atoms with Crippen LogP contribution in [-0.2, 0) is 14.6 Å². The van der Waals surface area contributed by atoms with Crippen molar-refractivity contribution in [3.63, 3.8) is 0 Å². The first-order valence-corrected chi connectivity index (χ1v) is 10.5. The van der Waals surface area contributed by atoms with Gasteiger partial charge in [0.25, 0.3) is 0 Å². The zero-order chi connectivity index (χ0) is 17.5. The Bertz CT molecular complexity index is 810. The molecule has 0 saturated carbocycles. The predicted octanol–water partition coefficient (Wildman–Crippen LogP) is 2.36. The summed E-state index contributed by atoms with van der Waals surface area (Å²) < 4.78 is 29.4. The molecule has 2 heterocycles. The second-order valence-electron chi connectivity index (χ2n) is 5.63. The fourth-order valence-electron chi connectivity index (χ4n) is 2.88. The van der Waals surface area contributed by atoms with E-state index in [0.717, 1.165) is 0 Å². The number of amides is 1. The molecule has 0 spiro atoms. The van der Waals surface area contributed by atoms with E-state index in [1.165, 1.54) is 18.9 Å². The number of carbonyl (C=O) groups excluding carboxylic acids is 1. The van der Waals surface area contributed by atoms with E-state index >= 15 is 0 Å². The van der Waals surface area contributed by atoms with Gasteiger partial charge in [-0.15, -0.1) is 0 Å². The average Bonchev–Trinajstić information content (AvgIpc) is 2.98. The van der Waals surface area contributed by atoms with Gasteiger partial charge >= 0.3 is 0 Å². The summed E-state index contributed by atoms with van der Waals surface area (Å²) in [5.41, 5.74) is 0.668. The van der Waals surface area contributed by atoms with Gasteiger partial charge in [-0.3, -0.25) is 4.79 Å². The third-order valence-corrected chi connectivity index (χ3v) is 7.44. The second kappa shape index (κ2) is 6.57. The fourth-order valence-corrected chi connectivity index (χ4v) is 6.97. The van der Waals surface area contributed by atoms with Crippen LogP contribution < -0.4 is 9.64 Å². The minimum Gasteiger partial charge on any atom is -0.495 e. The molecule has 2 atom stereocenters. The van der Waals surface area contributed by atoms with Crippen LogP contribution in [0.1, 0.15) is 13.3 Å². The average molecular weight is 389 g/mol. The van der Waals surface area contributed by atoms with E-state index in [0.29, 0.717) is 28.0 Å². The van der Waals surface area contributed by atoms with Crippen LogP contribution in [0.15, 0.2) is 23.2 Å². The number of hydrogen-bond acceptors (Lipinski definition) is 5. The molecule has 3 rings (SSSR count). The van der Waals surface area contributed by atoms with Gasteiger partial charge in [0.2, 0.25) is 5.91 Å². The number of nitrogens with zero attached hydrogens (tertiary/aromatic N) is 2. The Morgan fingerprint density at radius 1 is 1.46 bits per heavy atom. The molecule has 2 aliphatic heterocycles. The maximum absolute atomic E-state index is 12.0. The molecule has 2 aliphatic rings. The summed E-state index contributed by atoms with van der Waals surface area (Å²) in [6.45, 7) is 1.74. The number of ether oxygens (including phenoxy) is 1. The standard InChI is InChI=1S/C15H17ClN2O4S2/c1-3-14(19)17-15-18(10-5-4-9(16)6-12(10)22-2)11-7-24(20,21)8-13(11)23-15/h4-6,11,13H,3,7-8H2,1-2H3/t11-,13+/m0/s1. The molecule has 1 aromatic rings. The molecule has 1 aromatic carbocycles. The van der Waals surface area contributed by atoms with E-state index in [9.17, 15) is 13.2 Å². The first kappa shape index (κ1) is 17.6. The lowest BCUT2D eigenvalue weighted by molar-refractivity contribution is -0.117. The van der Waals surface area contributed by atoms with Crippen molar-refractivity contribution in [2.24, 2.45) is 4.99 Å². The van der Waals surface area contributed by atoms with Gasteiger partial charge < -0.3 is 9.64 Å². The molecule has 0 unspecified atom stereocenters. The molecule has 9 heteroatoms. The summed E-state index contributed by atoms with van der Waals surface area (Å²) in [4.78, 5) is 17.8. The van der Waals surface area contributed by atoms with Gasteiger partial charge in [0.15, 0.2) is 15.0 Å². The summed E-state index contributed by atoms with van der Waals surface area (Å²) >= 11 is 7.36. The summed E-state index contributed by atoms with van der Waals surface area (Å²) in [6, 6.07) is 4.87. The van der Waals surface area contributed by atoms with Crippen LogP contribution in [0.4, 0.5) is 5.69 Å². The number of sulfone groups is 1. The Hall–Kier alpha value is -1.25. The van der Waals surface area contributed by atoms with Crippen LogP contribution in [-0.4, -0.2) is 49.4 Å². The Morgan fingerprint density at radius 3 is 2.88 bits per heavy atom. The van der Waals surface area contributed by atoms with Crippen LogP contribution in [0.5, 0.6) is 5.75 Å². The van der Waals surface area contributed by atoms with Crippen molar-refractivity contribution >= 4 is 50.0 Å². The lowest BCUT2D eigenvalue weighted by atomic mass is 10.2. The van der Waals surface area contributed by atoms with Gasteiger partial charge in [-0.2, -0.15) is 4.99 Å². The van der Waals surface area contributed by atoms with Crippen LogP contribution in [0.25, 0.3) is 0 Å². The smallest absolute Gasteiger partial charge is 0.247 e. The van der Waals surface area contributed by atoms with Gasteiger partial charge in [-0.1, -0.05) is 30.3 Å². The van der Waals surface area contributed by atoms with E-state index in [4.69, 9.17) is 16.3 Å². The van der Waals surface area contributed by atoms with E-state index < -0.39 is 9.84 Å². The predicted molar refractivity (Wildman–Crippen MR) is 97.0 cm³/mol. The Morgan fingerprint density at radius 2 is 2.21 bits per heavy atom. The summed E-state index contributed by atoms with van der Waals surface area (Å²) in [6.07, 6.45) is 0.295. The molecule has 0 N–H and O–H groups in total. The normalized spacial score (nSPS) is 26.6. The van der Waals surface area contributed by atoms with Crippen molar-refractivity contribution in [3.05, 3.63) is 23.2 Å². The molecular formula is C15H17ClN2O4S2. The third kappa shape index (κ3) is 3.27. The number of aliphatic imine (C=N–C) groups is 1. The largest absolute Gasteiger partial charge is 0.495 e. The number of rotatable bonds is 3. The molecule has 0 bridgehead atoms. The van der Waals surface area contributed by atoms with Crippen molar-refractivity contribution in [1.29, 1.82) is 0 Å². The van der Waals surface area contributed by atoms with E-state index in [2.05, 4.69) is 4.99 Å². The monoisotopic (exact) mass is 388 g/mol.